The van der Waals surface area contributed by atoms with Crippen LogP contribution in [0, 0.1) is 5.82 Å². The van der Waals surface area contributed by atoms with Crippen LogP contribution in [-0.2, 0) is 0 Å². The SMILES string of the molecule is CCOc1ccc(NC(=O)Nc2nccn(-c3cccc(F)c3)c2=O)cc1. The Kier molecular flexibility index (Phi) is 5.46. The largest absolute Gasteiger partial charge is 0.494 e. The maximum Gasteiger partial charge on any atom is 0.325 e. The highest BCUT2D eigenvalue weighted by Gasteiger charge is 2.11. The zero-order chi connectivity index (χ0) is 19.2. The van der Waals surface area contributed by atoms with E-state index in [1.807, 2.05) is 6.92 Å². The molecule has 0 atom stereocenters. The van der Waals surface area contributed by atoms with Gasteiger partial charge < -0.3 is 10.1 Å². The van der Waals surface area contributed by atoms with Crippen molar-refractivity contribution in [3.8, 4) is 11.4 Å². The second kappa shape index (κ2) is 8.13. The van der Waals surface area contributed by atoms with Gasteiger partial charge in [0.1, 0.15) is 11.6 Å². The predicted octanol–water partition coefficient (Wildman–Crippen LogP) is 3.41. The quantitative estimate of drug-likeness (QED) is 0.723. The Morgan fingerprint density at radius 1 is 1.19 bits per heavy atom. The Bertz CT molecular complexity index is 1000. The van der Waals surface area contributed by atoms with Crippen molar-refractivity contribution in [3.05, 3.63) is 77.1 Å². The molecule has 27 heavy (non-hydrogen) atoms. The fourth-order valence-electron chi connectivity index (χ4n) is 2.40. The molecule has 0 radical (unpaired) electrons. The van der Waals surface area contributed by atoms with Crippen LogP contribution >= 0.6 is 0 Å². The van der Waals surface area contributed by atoms with Gasteiger partial charge in [0.25, 0.3) is 5.56 Å². The topological polar surface area (TPSA) is 85.2 Å². The molecule has 0 aliphatic rings. The maximum atomic E-state index is 13.4. The number of aromatic nitrogens is 2. The number of hydrogen-bond donors (Lipinski definition) is 2. The monoisotopic (exact) mass is 368 g/mol. The zero-order valence-electron chi connectivity index (χ0n) is 14.5. The lowest BCUT2D eigenvalue weighted by atomic mass is 10.3. The Morgan fingerprint density at radius 2 is 1.96 bits per heavy atom. The standard InChI is InChI=1S/C19H17FN4O3/c1-2-27-16-8-6-14(7-9-16)22-19(26)23-17-18(25)24(11-10-21-17)15-5-3-4-13(20)12-15/h3-12H,2H2,1H3,(H2,21,22,23,26). The van der Waals surface area contributed by atoms with Gasteiger partial charge in [-0.05, 0) is 49.4 Å². The zero-order valence-corrected chi connectivity index (χ0v) is 14.5. The van der Waals surface area contributed by atoms with E-state index >= 15 is 0 Å². The second-order valence-corrected chi connectivity index (χ2v) is 5.47. The van der Waals surface area contributed by atoms with Crippen LogP contribution in [0.3, 0.4) is 0 Å². The average Bonchev–Trinajstić information content (AvgIpc) is 2.65. The fourth-order valence-corrected chi connectivity index (χ4v) is 2.40. The molecule has 0 fully saturated rings. The van der Waals surface area contributed by atoms with E-state index in [9.17, 15) is 14.0 Å². The van der Waals surface area contributed by atoms with Gasteiger partial charge in [-0.25, -0.2) is 14.2 Å². The molecule has 2 amide bonds. The minimum Gasteiger partial charge on any atom is -0.494 e. The van der Waals surface area contributed by atoms with Crippen LogP contribution in [0.15, 0.2) is 65.7 Å². The molecule has 0 saturated heterocycles. The summed E-state index contributed by atoms with van der Waals surface area (Å²) in [5.74, 6) is 0.0373. The molecule has 8 heteroatoms. The van der Waals surface area contributed by atoms with Crippen molar-refractivity contribution in [3.63, 3.8) is 0 Å². The number of carbonyl (C=O) groups excluding carboxylic acids is 1. The van der Waals surface area contributed by atoms with Crippen molar-refractivity contribution < 1.29 is 13.9 Å². The number of ether oxygens (including phenoxy) is 1. The van der Waals surface area contributed by atoms with Crippen molar-refractivity contribution in [1.29, 1.82) is 0 Å². The van der Waals surface area contributed by atoms with Crippen molar-refractivity contribution in [2.75, 3.05) is 17.2 Å². The minimum absolute atomic E-state index is 0.176. The normalized spacial score (nSPS) is 10.3. The van der Waals surface area contributed by atoms with E-state index in [0.717, 1.165) is 0 Å². The van der Waals surface area contributed by atoms with Gasteiger partial charge in [0, 0.05) is 18.1 Å². The summed E-state index contributed by atoms with van der Waals surface area (Å²) >= 11 is 0. The van der Waals surface area contributed by atoms with Crippen LogP contribution < -0.4 is 20.9 Å². The summed E-state index contributed by atoms with van der Waals surface area (Å²) in [6, 6.07) is 11.7. The molecule has 0 unspecified atom stereocenters. The van der Waals surface area contributed by atoms with Crippen LogP contribution in [-0.4, -0.2) is 22.2 Å². The summed E-state index contributed by atoms with van der Waals surface area (Å²) in [7, 11) is 0. The van der Waals surface area contributed by atoms with Gasteiger partial charge in [-0.15, -0.1) is 0 Å². The molecule has 138 valence electrons. The maximum absolute atomic E-state index is 13.4. The number of carbonyl (C=O) groups is 1. The average molecular weight is 368 g/mol. The van der Waals surface area contributed by atoms with Gasteiger partial charge in [0.15, 0.2) is 0 Å². The molecule has 0 aliphatic heterocycles. The molecule has 0 aliphatic carbocycles. The molecule has 3 aromatic rings. The molecule has 7 nitrogen and oxygen atoms in total. The van der Waals surface area contributed by atoms with Gasteiger partial charge >= 0.3 is 6.03 Å². The van der Waals surface area contributed by atoms with Crippen molar-refractivity contribution >= 4 is 17.5 Å². The van der Waals surface area contributed by atoms with E-state index in [4.69, 9.17) is 4.74 Å². The molecule has 2 N–H and O–H groups in total. The minimum atomic E-state index is -0.624. The van der Waals surface area contributed by atoms with Gasteiger partial charge in [0.2, 0.25) is 5.82 Å². The molecule has 1 heterocycles. The fraction of sp³-hybridized carbons (Fsp3) is 0.105. The van der Waals surface area contributed by atoms with E-state index in [-0.39, 0.29) is 5.82 Å². The first-order valence-electron chi connectivity index (χ1n) is 8.21. The molecule has 1 aromatic heterocycles. The van der Waals surface area contributed by atoms with Gasteiger partial charge in [-0.1, -0.05) is 6.07 Å². The summed E-state index contributed by atoms with van der Waals surface area (Å²) in [4.78, 5) is 28.5. The van der Waals surface area contributed by atoms with E-state index in [1.54, 1.807) is 30.3 Å². The Morgan fingerprint density at radius 3 is 2.67 bits per heavy atom. The number of anilines is 2. The van der Waals surface area contributed by atoms with Crippen molar-refractivity contribution in [1.82, 2.24) is 9.55 Å². The molecule has 0 saturated carbocycles. The van der Waals surface area contributed by atoms with Crippen LogP contribution in [0.1, 0.15) is 6.92 Å². The number of nitrogens with one attached hydrogen (secondary N) is 2. The molecule has 0 spiro atoms. The van der Waals surface area contributed by atoms with E-state index < -0.39 is 17.4 Å². The lowest BCUT2D eigenvalue weighted by molar-refractivity contribution is 0.262. The van der Waals surface area contributed by atoms with E-state index in [1.165, 1.54) is 35.2 Å². The summed E-state index contributed by atoms with van der Waals surface area (Å²) in [6.45, 7) is 2.42. The summed E-state index contributed by atoms with van der Waals surface area (Å²) in [5, 5.41) is 5.01. The number of hydrogen-bond acceptors (Lipinski definition) is 4. The first-order chi connectivity index (χ1) is 13.1. The first kappa shape index (κ1) is 18.1. The van der Waals surface area contributed by atoms with Crippen LogP contribution in [0.4, 0.5) is 20.7 Å². The van der Waals surface area contributed by atoms with Gasteiger partial charge in [-0.2, -0.15) is 0 Å². The van der Waals surface area contributed by atoms with Crippen molar-refractivity contribution in [2.24, 2.45) is 0 Å². The van der Waals surface area contributed by atoms with Crippen LogP contribution in [0.2, 0.25) is 0 Å². The van der Waals surface area contributed by atoms with Crippen LogP contribution in [0.5, 0.6) is 5.75 Å². The summed E-state index contributed by atoms with van der Waals surface area (Å²) < 4.78 is 19.9. The Balaban J connectivity index is 1.74. The highest BCUT2D eigenvalue weighted by molar-refractivity contribution is 5.99. The number of nitrogens with zero attached hydrogens (tertiary/aromatic N) is 2. The third-order valence-corrected chi connectivity index (χ3v) is 3.58. The highest BCUT2D eigenvalue weighted by Crippen LogP contribution is 2.15. The van der Waals surface area contributed by atoms with Crippen LogP contribution in [0.25, 0.3) is 5.69 Å². The number of benzene rings is 2. The third kappa shape index (κ3) is 4.49. The Hall–Kier alpha value is -3.68. The Labute approximate surface area is 154 Å². The summed E-state index contributed by atoms with van der Waals surface area (Å²) in [6.07, 6.45) is 2.74. The predicted molar refractivity (Wildman–Crippen MR) is 100 cm³/mol. The van der Waals surface area contributed by atoms with Gasteiger partial charge in [-0.3, -0.25) is 14.7 Å². The van der Waals surface area contributed by atoms with E-state index in [2.05, 4.69) is 15.6 Å². The van der Waals surface area contributed by atoms with Gasteiger partial charge in [0.05, 0.1) is 12.3 Å². The third-order valence-electron chi connectivity index (χ3n) is 3.58. The van der Waals surface area contributed by atoms with E-state index in [0.29, 0.717) is 23.7 Å². The molecule has 0 bridgehead atoms. The summed E-state index contributed by atoms with van der Waals surface area (Å²) in [5.41, 5.74) is 0.277. The molecule has 3 rings (SSSR count). The second-order valence-electron chi connectivity index (χ2n) is 5.47. The lowest BCUT2D eigenvalue weighted by Crippen LogP contribution is -2.28. The number of amides is 2. The first-order valence-corrected chi connectivity index (χ1v) is 8.21. The molecular formula is C19H17FN4O3. The smallest absolute Gasteiger partial charge is 0.325 e. The van der Waals surface area contributed by atoms with Crippen molar-refractivity contribution in [2.45, 2.75) is 6.92 Å². The number of urea groups is 1. The highest BCUT2D eigenvalue weighted by atomic mass is 19.1. The molecule has 2 aromatic carbocycles. The lowest BCUT2D eigenvalue weighted by Gasteiger charge is -2.10. The number of halogens is 1. The molecular weight excluding hydrogens is 351 g/mol. The number of rotatable bonds is 5.